The van der Waals surface area contributed by atoms with E-state index in [9.17, 15) is 5.11 Å². The van der Waals surface area contributed by atoms with Crippen LogP contribution in [0.2, 0.25) is 0 Å². The third kappa shape index (κ3) is 2.30. The van der Waals surface area contributed by atoms with Crippen LogP contribution in [0.3, 0.4) is 0 Å². The summed E-state index contributed by atoms with van der Waals surface area (Å²) in [6.07, 6.45) is 2.02. The maximum Gasteiger partial charge on any atom is 0.120 e. The van der Waals surface area contributed by atoms with Crippen molar-refractivity contribution in [2.24, 2.45) is 0 Å². The van der Waals surface area contributed by atoms with Gasteiger partial charge in [-0.2, -0.15) is 0 Å². The third-order valence-electron chi connectivity index (χ3n) is 3.08. The van der Waals surface area contributed by atoms with Crippen LogP contribution in [-0.2, 0) is 6.42 Å². The van der Waals surface area contributed by atoms with Crippen molar-refractivity contribution in [1.82, 2.24) is 5.32 Å². The van der Waals surface area contributed by atoms with Crippen LogP contribution in [0.4, 0.5) is 5.69 Å². The molecule has 1 heterocycles. The van der Waals surface area contributed by atoms with E-state index < -0.39 is 0 Å². The Balaban J connectivity index is 2.27. The maximum absolute atomic E-state index is 9.91. The average molecular weight is 220 g/mol. The van der Waals surface area contributed by atoms with Gasteiger partial charge in [0.2, 0.25) is 0 Å². The molecule has 0 saturated carbocycles. The van der Waals surface area contributed by atoms with E-state index in [1.165, 1.54) is 5.69 Å². The first-order valence-corrected chi connectivity index (χ1v) is 6.09. The highest BCUT2D eigenvalue weighted by molar-refractivity contribution is 5.59. The molecule has 1 aliphatic rings. The van der Waals surface area contributed by atoms with Crippen molar-refractivity contribution in [1.29, 1.82) is 0 Å². The molecule has 1 fully saturated rings. The van der Waals surface area contributed by atoms with E-state index in [0.717, 1.165) is 44.6 Å². The molecule has 0 aliphatic carbocycles. The van der Waals surface area contributed by atoms with Crippen LogP contribution in [0.25, 0.3) is 0 Å². The van der Waals surface area contributed by atoms with Crippen molar-refractivity contribution < 1.29 is 5.11 Å². The summed E-state index contributed by atoms with van der Waals surface area (Å²) < 4.78 is 0. The molecular weight excluding hydrogens is 200 g/mol. The second-order valence-corrected chi connectivity index (χ2v) is 4.26. The summed E-state index contributed by atoms with van der Waals surface area (Å²) in [6.45, 7) is 6.26. The van der Waals surface area contributed by atoms with Gasteiger partial charge in [0.1, 0.15) is 5.75 Å². The van der Waals surface area contributed by atoms with Gasteiger partial charge in [-0.15, -0.1) is 0 Å². The molecule has 1 aliphatic heterocycles. The number of piperazine rings is 1. The van der Waals surface area contributed by atoms with Crippen molar-refractivity contribution in [3.05, 3.63) is 23.8 Å². The number of hydrogen-bond acceptors (Lipinski definition) is 3. The van der Waals surface area contributed by atoms with Crippen LogP contribution >= 0.6 is 0 Å². The summed E-state index contributed by atoms with van der Waals surface area (Å²) >= 11 is 0. The molecule has 3 nitrogen and oxygen atoms in total. The maximum atomic E-state index is 9.91. The van der Waals surface area contributed by atoms with Gasteiger partial charge in [0, 0.05) is 37.4 Å². The highest BCUT2D eigenvalue weighted by atomic mass is 16.3. The van der Waals surface area contributed by atoms with Gasteiger partial charge in [0.05, 0.1) is 0 Å². The number of rotatable bonds is 3. The third-order valence-corrected chi connectivity index (χ3v) is 3.08. The van der Waals surface area contributed by atoms with Crippen LogP contribution in [-0.4, -0.2) is 31.3 Å². The van der Waals surface area contributed by atoms with Crippen LogP contribution in [0.5, 0.6) is 5.75 Å². The number of nitrogens with one attached hydrogen (secondary N) is 1. The van der Waals surface area contributed by atoms with E-state index >= 15 is 0 Å². The zero-order chi connectivity index (χ0) is 11.4. The van der Waals surface area contributed by atoms with E-state index in [0.29, 0.717) is 5.75 Å². The van der Waals surface area contributed by atoms with Crippen molar-refractivity contribution in [2.75, 3.05) is 31.1 Å². The molecule has 88 valence electrons. The molecule has 0 bridgehead atoms. The number of anilines is 1. The topological polar surface area (TPSA) is 35.5 Å². The lowest BCUT2D eigenvalue weighted by molar-refractivity contribution is 0.467. The van der Waals surface area contributed by atoms with Gasteiger partial charge in [0.15, 0.2) is 0 Å². The second kappa shape index (κ2) is 5.21. The molecule has 0 spiro atoms. The quantitative estimate of drug-likeness (QED) is 0.814. The Kier molecular flexibility index (Phi) is 3.67. The minimum absolute atomic E-state index is 0.442. The van der Waals surface area contributed by atoms with Gasteiger partial charge in [-0.1, -0.05) is 19.4 Å². The number of phenols is 1. The van der Waals surface area contributed by atoms with Crippen LogP contribution in [0, 0.1) is 0 Å². The van der Waals surface area contributed by atoms with E-state index in [2.05, 4.69) is 23.2 Å². The van der Waals surface area contributed by atoms with Crippen LogP contribution in [0.15, 0.2) is 18.2 Å². The molecule has 0 radical (unpaired) electrons. The summed E-state index contributed by atoms with van der Waals surface area (Å²) in [5, 5.41) is 13.3. The standard InChI is InChI=1S/C13H20N2O/c1-2-4-11-12(5-3-6-13(11)16)15-9-7-14-8-10-15/h3,5-6,14,16H,2,4,7-10H2,1H3. The molecule has 0 amide bonds. The molecule has 1 aromatic rings. The fraction of sp³-hybridized carbons (Fsp3) is 0.538. The smallest absolute Gasteiger partial charge is 0.120 e. The van der Waals surface area contributed by atoms with Gasteiger partial charge in [-0.25, -0.2) is 0 Å². The monoisotopic (exact) mass is 220 g/mol. The Morgan fingerprint density at radius 1 is 1.31 bits per heavy atom. The summed E-state index contributed by atoms with van der Waals surface area (Å²) in [5.74, 6) is 0.442. The molecule has 1 saturated heterocycles. The lowest BCUT2D eigenvalue weighted by Crippen LogP contribution is -2.43. The fourth-order valence-corrected chi connectivity index (χ4v) is 2.27. The molecule has 0 unspecified atom stereocenters. The van der Waals surface area contributed by atoms with E-state index in [1.807, 2.05) is 6.07 Å². The molecule has 1 aromatic carbocycles. The Labute approximate surface area is 97.1 Å². The Morgan fingerprint density at radius 3 is 2.75 bits per heavy atom. The zero-order valence-electron chi connectivity index (χ0n) is 9.87. The molecule has 0 aromatic heterocycles. The molecule has 16 heavy (non-hydrogen) atoms. The van der Waals surface area contributed by atoms with Crippen molar-refractivity contribution >= 4 is 5.69 Å². The molecule has 2 rings (SSSR count). The minimum Gasteiger partial charge on any atom is -0.508 e. The number of phenolic OH excluding ortho intramolecular Hbond substituents is 1. The number of nitrogens with zero attached hydrogens (tertiary/aromatic N) is 1. The number of benzene rings is 1. The lowest BCUT2D eigenvalue weighted by atomic mass is 10.1. The van der Waals surface area contributed by atoms with E-state index in [1.54, 1.807) is 6.07 Å². The highest BCUT2D eigenvalue weighted by Gasteiger charge is 2.15. The highest BCUT2D eigenvalue weighted by Crippen LogP contribution is 2.29. The van der Waals surface area contributed by atoms with Gasteiger partial charge >= 0.3 is 0 Å². The minimum atomic E-state index is 0.442. The van der Waals surface area contributed by atoms with Crippen molar-refractivity contribution in [2.45, 2.75) is 19.8 Å². The van der Waals surface area contributed by atoms with E-state index in [-0.39, 0.29) is 0 Å². The predicted molar refractivity (Wildman–Crippen MR) is 67.2 cm³/mol. The van der Waals surface area contributed by atoms with Crippen molar-refractivity contribution in [3.63, 3.8) is 0 Å². The number of aromatic hydroxyl groups is 1. The molecule has 2 N–H and O–H groups in total. The Morgan fingerprint density at radius 2 is 2.06 bits per heavy atom. The van der Waals surface area contributed by atoms with Gasteiger partial charge in [-0.3, -0.25) is 0 Å². The molecular formula is C13H20N2O. The largest absolute Gasteiger partial charge is 0.508 e. The summed E-state index contributed by atoms with van der Waals surface area (Å²) in [6, 6.07) is 5.85. The van der Waals surface area contributed by atoms with Gasteiger partial charge in [0.25, 0.3) is 0 Å². The fourth-order valence-electron chi connectivity index (χ4n) is 2.27. The number of hydrogen-bond donors (Lipinski definition) is 2. The Bertz CT molecular complexity index is 346. The van der Waals surface area contributed by atoms with Gasteiger partial charge in [-0.05, 0) is 18.6 Å². The SMILES string of the molecule is CCCc1c(O)cccc1N1CCNCC1. The average Bonchev–Trinajstić information content (AvgIpc) is 2.33. The second-order valence-electron chi connectivity index (χ2n) is 4.26. The summed E-state index contributed by atoms with van der Waals surface area (Å²) in [7, 11) is 0. The van der Waals surface area contributed by atoms with Crippen LogP contribution in [0.1, 0.15) is 18.9 Å². The predicted octanol–water partition coefficient (Wildman–Crippen LogP) is 1.75. The van der Waals surface area contributed by atoms with Crippen molar-refractivity contribution in [3.8, 4) is 5.75 Å². The van der Waals surface area contributed by atoms with Crippen LogP contribution < -0.4 is 10.2 Å². The zero-order valence-corrected chi connectivity index (χ0v) is 9.87. The molecule has 3 heteroatoms. The van der Waals surface area contributed by atoms with Gasteiger partial charge < -0.3 is 15.3 Å². The Hall–Kier alpha value is -1.22. The summed E-state index contributed by atoms with van der Waals surface area (Å²) in [4.78, 5) is 2.36. The lowest BCUT2D eigenvalue weighted by Gasteiger charge is -2.31. The van der Waals surface area contributed by atoms with E-state index in [4.69, 9.17) is 0 Å². The normalized spacial score (nSPS) is 16.4. The summed E-state index contributed by atoms with van der Waals surface area (Å²) in [5.41, 5.74) is 2.32. The first kappa shape index (κ1) is 11.3. The first-order valence-electron chi connectivity index (χ1n) is 6.09. The molecule has 0 atom stereocenters. The first-order chi connectivity index (χ1) is 7.83.